The topological polar surface area (TPSA) is 50.2 Å². The second-order valence-corrected chi connectivity index (χ2v) is 5.72. The van der Waals surface area contributed by atoms with Gasteiger partial charge in [0.25, 0.3) is 0 Å². The number of amides is 2. The van der Waals surface area contributed by atoms with Crippen molar-refractivity contribution in [2.24, 2.45) is 0 Å². The van der Waals surface area contributed by atoms with Gasteiger partial charge in [-0.1, -0.05) is 0 Å². The van der Waals surface area contributed by atoms with E-state index in [9.17, 15) is 4.79 Å². The first-order chi connectivity index (χ1) is 9.84. The first-order valence-corrected chi connectivity index (χ1v) is 7.81. The molecule has 1 saturated heterocycles. The van der Waals surface area contributed by atoms with Crippen LogP contribution in [0.1, 0.15) is 24.4 Å². The van der Waals surface area contributed by atoms with E-state index >= 15 is 0 Å². The molecule has 5 nitrogen and oxygen atoms in total. The Bertz CT molecular complexity index is 538. The predicted molar refractivity (Wildman–Crippen MR) is 78.6 cm³/mol. The third kappa shape index (κ3) is 2.85. The van der Waals surface area contributed by atoms with E-state index in [-0.39, 0.29) is 12.1 Å². The van der Waals surface area contributed by atoms with Gasteiger partial charge in [0.05, 0.1) is 12.4 Å². The van der Waals surface area contributed by atoms with Crippen LogP contribution in [-0.2, 0) is 6.54 Å². The van der Waals surface area contributed by atoms with Crippen LogP contribution in [0, 0.1) is 0 Å². The maximum Gasteiger partial charge on any atom is 0.317 e. The Morgan fingerprint density at radius 2 is 2.50 bits per heavy atom. The average molecular weight is 290 g/mol. The molecule has 2 aromatic heterocycles. The fourth-order valence-corrected chi connectivity index (χ4v) is 3.34. The number of carbonyl (C=O) groups is 1. The summed E-state index contributed by atoms with van der Waals surface area (Å²) >= 11 is 1.69. The van der Waals surface area contributed by atoms with Crippen LogP contribution in [0.5, 0.6) is 0 Å². The van der Waals surface area contributed by atoms with Crippen molar-refractivity contribution in [3.8, 4) is 0 Å². The molecular formula is C14H18N4OS. The molecule has 0 unspecified atom stereocenters. The van der Waals surface area contributed by atoms with E-state index in [0.717, 1.165) is 25.9 Å². The number of nitrogens with zero attached hydrogens (tertiary/aromatic N) is 3. The smallest absolute Gasteiger partial charge is 0.317 e. The Morgan fingerprint density at radius 3 is 3.25 bits per heavy atom. The summed E-state index contributed by atoms with van der Waals surface area (Å²) in [7, 11) is 0. The van der Waals surface area contributed by atoms with Crippen LogP contribution < -0.4 is 5.32 Å². The van der Waals surface area contributed by atoms with E-state index in [1.54, 1.807) is 23.9 Å². The quantitative estimate of drug-likeness (QED) is 0.940. The summed E-state index contributed by atoms with van der Waals surface area (Å²) in [6, 6.07) is 2.40. The average Bonchev–Trinajstić information content (AvgIpc) is 3.19. The summed E-state index contributed by atoms with van der Waals surface area (Å²) in [6.45, 7) is 2.22. The lowest BCUT2D eigenvalue weighted by molar-refractivity contribution is 0.192. The molecule has 1 N–H and O–H groups in total. The number of hydrogen-bond acceptors (Lipinski definition) is 3. The monoisotopic (exact) mass is 290 g/mol. The van der Waals surface area contributed by atoms with Gasteiger partial charge >= 0.3 is 6.03 Å². The molecule has 0 saturated carbocycles. The van der Waals surface area contributed by atoms with E-state index in [1.807, 2.05) is 15.7 Å². The molecule has 6 heteroatoms. The van der Waals surface area contributed by atoms with Crippen LogP contribution >= 0.6 is 11.3 Å². The Hall–Kier alpha value is -1.82. The van der Waals surface area contributed by atoms with E-state index in [0.29, 0.717) is 6.54 Å². The van der Waals surface area contributed by atoms with Crippen molar-refractivity contribution in [3.05, 3.63) is 41.1 Å². The lowest BCUT2D eigenvalue weighted by Crippen LogP contribution is -2.40. The van der Waals surface area contributed by atoms with E-state index in [1.165, 1.54) is 5.56 Å². The van der Waals surface area contributed by atoms with Gasteiger partial charge in [-0.2, -0.15) is 11.3 Å². The zero-order chi connectivity index (χ0) is 13.8. The van der Waals surface area contributed by atoms with Gasteiger partial charge in [0, 0.05) is 32.0 Å². The summed E-state index contributed by atoms with van der Waals surface area (Å²) in [6.07, 6.45) is 7.54. The van der Waals surface area contributed by atoms with E-state index < -0.39 is 0 Å². The Kier molecular flexibility index (Phi) is 4.01. The maximum atomic E-state index is 12.3. The Balaban J connectivity index is 1.53. The minimum atomic E-state index is 0.0406. The van der Waals surface area contributed by atoms with Crippen LogP contribution in [0.15, 0.2) is 35.5 Å². The molecule has 0 aliphatic carbocycles. The lowest BCUT2D eigenvalue weighted by atomic mass is 10.1. The van der Waals surface area contributed by atoms with Crippen molar-refractivity contribution in [2.75, 3.05) is 13.1 Å². The van der Waals surface area contributed by atoms with Gasteiger partial charge in [0.1, 0.15) is 0 Å². The zero-order valence-electron chi connectivity index (χ0n) is 11.2. The molecule has 1 fully saturated rings. The predicted octanol–water partition coefficient (Wildman–Crippen LogP) is 2.49. The molecule has 3 rings (SSSR count). The molecule has 1 aliphatic heterocycles. The molecule has 106 valence electrons. The summed E-state index contributed by atoms with van der Waals surface area (Å²) < 4.78 is 1.96. The second kappa shape index (κ2) is 6.09. The fraction of sp³-hybridized carbons (Fsp3) is 0.429. The van der Waals surface area contributed by atoms with Crippen molar-refractivity contribution in [3.63, 3.8) is 0 Å². The van der Waals surface area contributed by atoms with Gasteiger partial charge in [-0.3, -0.25) is 0 Å². The van der Waals surface area contributed by atoms with E-state index in [4.69, 9.17) is 0 Å². The first kappa shape index (κ1) is 13.2. The second-order valence-electron chi connectivity index (χ2n) is 4.94. The molecule has 2 amide bonds. The number of hydrogen-bond donors (Lipinski definition) is 1. The number of thiophene rings is 1. The van der Waals surface area contributed by atoms with Crippen LogP contribution in [0.3, 0.4) is 0 Å². The van der Waals surface area contributed by atoms with Gasteiger partial charge in [0.2, 0.25) is 0 Å². The molecule has 1 aliphatic rings. The molecule has 0 bridgehead atoms. The molecule has 0 spiro atoms. The highest BCUT2D eigenvalue weighted by Gasteiger charge is 2.29. The minimum absolute atomic E-state index is 0.0406. The van der Waals surface area contributed by atoms with Gasteiger partial charge in [-0.15, -0.1) is 0 Å². The summed E-state index contributed by atoms with van der Waals surface area (Å²) in [5.74, 6) is 0. The third-order valence-electron chi connectivity index (χ3n) is 3.65. The molecule has 1 atom stereocenters. The number of nitrogens with one attached hydrogen (secondary N) is 1. The highest BCUT2D eigenvalue weighted by Crippen LogP contribution is 2.32. The molecule has 0 radical (unpaired) electrons. The van der Waals surface area contributed by atoms with Crippen molar-refractivity contribution < 1.29 is 4.79 Å². The highest BCUT2D eigenvalue weighted by molar-refractivity contribution is 7.07. The number of likely N-dealkylation sites (tertiary alicyclic amines) is 1. The standard InChI is InChI=1S/C14H18N4OS/c19-14(16-5-8-17-7-4-15-11-17)18-6-1-2-13(18)12-3-9-20-10-12/h3-4,7,9-11,13H,1-2,5-6,8H2,(H,16,19)/t13-/m1/s1. The lowest BCUT2D eigenvalue weighted by Gasteiger charge is -2.24. The zero-order valence-corrected chi connectivity index (χ0v) is 12.1. The SMILES string of the molecule is O=C(NCCn1ccnc1)N1CCC[C@@H]1c1ccsc1. The first-order valence-electron chi connectivity index (χ1n) is 6.87. The van der Waals surface area contributed by atoms with Crippen molar-refractivity contribution in [1.82, 2.24) is 19.8 Å². The molecular weight excluding hydrogens is 272 g/mol. The third-order valence-corrected chi connectivity index (χ3v) is 4.35. The van der Waals surface area contributed by atoms with Gasteiger partial charge in [-0.25, -0.2) is 9.78 Å². The number of imidazole rings is 1. The Morgan fingerprint density at radius 1 is 1.55 bits per heavy atom. The van der Waals surface area contributed by atoms with Crippen LogP contribution in [0.25, 0.3) is 0 Å². The number of carbonyl (C=O) groups excluding carboxylic acids is 1. The number of rotatable bonds is 4. The normalized spacial score (nSPS) is 18.4. The van der Waals surface area contributed by atoms with Crippen LogP contribution in [0.2, 0.25) is 0 Å². The molecule has 20 heavy (non-hydrogen) atoms. The van der Waals surface area contributed by atoms with Crippen LogP contribution in [-0.4, -0.2) is 33.6 Å². The largest absolute Gasteiger partial charge is 0.336 e. The summed E-state index contributed by atoms with van der Waals surface area (Å²) in [5, 5.41) is 7.21. The summed E-state index contributed by atoms with van der Waals surface area (Å²) in [4.78, 5) is 18.2. The molecule has 2 aromatic rings. The van der Waals surface area contributed by atoms with Gasteiger partial charge < -0.3 is 14.8 Å². The maximum absolute atomic E-state index is 12.3. The minimum Gasteiger partial charge on any atom is -0.336 e. The molecule has 0 aromatic carbocycles. The molecule has 3 heterocycles. The fourth-order valence-electron chi connectivity index (χ4n) is 2.63. The van der Waals surface area contributed by atoms with Crippen molar-refractivity contribution in [2.45, 2.75) is 25.4 Å². The van der Waals surface area contributed by atoms with Gasteiger partial charge in [0.15, 0.2) is 0 Å². The number of urea groups is 1. The Labute approximate surface area is 122 Å². The van der Waals surface area contributed by atoms with E-state index in [2.05, 4.69) is 27.1 Å². The van der Waals surface area contributed by atoms with Crippen LogP contribution in [0.4, 0.5) is 4.79 Å². The summed E-state index contributed by atoms with van der Waals surface area (Å²) in [5.41, 5.74) is 1.26. The van der Waals surface area contributed by atoms with Crippen molar-refractivity contribution >= 4 is 17.4 Å². The van der Waals surface area contributed by atoms with Gasteiger partial charge in [-0.05, 0) is 35.2 Å². The highest BCUT2D eigenvalue weighted by atomic mass is 32.1. The van der Waals surface area contributed by atoms with Crippen molar-refractivity contribution in [1.29, 1.82) is 0 Å². The number of aromatic nitrogens is 2.